The third kappa shape index (κ3) is 10.6. The molecule has 8 rings (SSSR count). The number of nitrogens with zero attached hydrogens (tertiary/aromatic N) is 5. The zero-order valence-electron chi connectivity index (χ0n) is 36.9. The van der Waals surface area contributed by atoms with E-state index in [1.807, 2.05) is 23.3 Å². The van der Waals surface area contributed by atoms with Crippen LogP contribution in [0.5, 0.6) is 0 Å². The number of imide groups is 2. The average molecular weight is 923 g/mol. The number of ketones is 1. The number of piperidine rings is 2. The molecule has 4 aliphatic rings. The summed E-state index contributed by atoms with van der Waals surface area (Å²) in [5.41, 5.74) is 5.69. The maximum absolute atomic E-state index is 13.2. The number of carbonyl (C=O) groups excluding carboxylic acids is 6. The van der Waals surface area contributed by atoms with E-state index < -0.39 is 29.7 Å². The molecule has 0 radical (unpaired) electrons. The van der Waals surface area contributed by atoms with Gasteiger partial charge in [0.2, 0.25) is 17.7 Å². The number of pyridine rings is 1. The number of halogens is 1. The van der Waals surface area contributed by atoms with Gasteiger partial charge in [-0.1, -0.05) is 41.9 Å². The fourth-order valence-electron chi connectivity index (χ4n) is 9.33. The van der Waals surface area contributed by atoms with E-state index in [9.17, 15) is 28.8 Å². The van der Waals surface area contributed by atoms with E-state index in [-0.39, 0.29) is 35.3 Å². The molecule has 1 unspecified atom stereocenters. The van der Waals surface area contributed by atoms with Crippen LogP contribution in [0.2, 0.25) is 5.02 Å². The molecular formula is C48H55ClN8O9. The number of carbonyl (C=O) groups is 6. The molecule has 2 aromatic carbocycles. The highest BCUT2D eigenvalue weighted by atomic mass is 35.5. The van der Waals surface area contributed by atoms with E-state index in [0.29, 0.717) is 95.0 Å². The Hall–Kier alpha value is -6.01. The zero-order valence-corrected chi connectivity index (χ0v) is 37.6. The number of fused-ring (bicyclic) bond motifs is 1. The first-order valence-electron chi connectivity index (χ1n) is 22.8. The number of Topliss-reactive ketones (excluding diaryl/α,β-unsaturated/α-hetero) is 1. The second-order valence-electron chi connectivity index (χ2n) is 17.0. The van der Waals surface area contributed by atoms with Crippen molar-refractivity contribution in [3.63, 3.8) is 0 Å². The molecule has 2 aromatic heterocycles. The third-order valence-electron chi connectivity index (χ3n) is 12.9. The molecule has 3 N–H and O–H groups in total. The second kappa shape index (κ2) is 21.5. The Kier molecular flexibility index (Phi) is 15.2. The Bertz CT molecular complexity index is 2430. The molecule has 3 fully saturated rings. The molecule has 17 nitrogen and oxygen atoms in total. The van der Waals surface area contributed by atoms with Crippen LogP contribution in [0.3, 0.4) is 0 Å². The lowest BCUT2D eigenvalue weighted by Gasteiger charge is -2.40. The van der Waals surface area contributed by atoms with Gasteiger partial charge in [0.15, 0.2) is 0 Å². The third-order valence-corrected chi connectivity index (χ3v) is 13.1. The largest absolute Gasteiger partial charge is 0.382 e. The number of hydrogen-bond acceptors (Lipinski definition) is 13. The predicted molar refractivity (Wildman–Crippen MR) is 245 cm³/mol. The van der Waals surface area contributed by atoms with Crippen LogP contribution in [0, 0.1) is 5.41 Å². The van der Waals surface area contributed by atoms with Gasteiger partial charge in [0.25, 0.3) is 11.8 Å². The first-order chi connectivity index (χ1) is 32.1. The minimum atomic E-state index is -1.02. The first kappa shape index (κ1) is 46.5. The van der Waals surface area contributed by atoms with Gasteiger partial charge in [-0.15, -0.1) is 0 Å². The smallest absolute Gasteiger partial charge is 0.264 e. The van der Waals surface area contributed by atoms with E-state index in [0.717, 1.165) is 71.6 Å². The summed E-state index contributed by atoms with van der Waals surface area (Å²) in [5, 5.41) is 13.4. The van der Waals surface area contributed by atoms with Crippen LogP contribution >= 0.6 is 11.6 Å². The van der Waals surface area contributed by atoms with Crippen molar-refractivity contribution >= 4 is 58.3 Å². The van der Waals surface area contributed by atoms with Gasteiger partial charge in [-0.05, 0) is 61.8 Å². The molecule has 4 aromatic rings. The lowest BCUT2D eigenvalue weighted by Crippen LogP contribution is -2.54. The summed E-state index contributed by atoms with van der Waals surface area (Å²) in [6, 6.07) is 12.2. The van der Waals surface area contributed by atoms with Crippen LogP contribution in [0.25, 0.3) is 22.3 Å². The van der Waals surface area contributed by atoms with Crippen molar-refractivity contribution in [3.05, 3.63) is 83.4 Å². The summed E-state index contributed by atoms with van der Waals surface area (Å²) < 4.78 is 18.6. The average Bonchev–Trinajstić information content (AvgIpc) is 4.01. The number of amides is 5. The standard InChI is InChI=1S/C48H55ClN8O9/c49-37-30-50-29-36(44(37)55-20-15-48(16-21-55)14-2-6-40(48)58)33-10-8-32(9-11-33)34-28-53-56(31-34)19-3-7-41(59)52-18-23-65-25-27-66-26-24-64-22-17-51-38-5-1-4-35-43(38)47(63)57(46(35)62)39-12-13-42(60)54-45(39)61/h1,4-5,8-11,28-31,39,51H,2-3,6-7,12-27H2,(H,52,59)(H,54,60,61). The Labute approximate surface area is 387 Å². The van der Waals surface area contributed by atoms with E-state index in [2.05, 4.69) is 55.2 Å². The second-order valence-corrected chi connectivity index (χ2v) is 17.4. The van der Waals surface area contributed by atoms with Gasteiger partial charge in [0, 0.05) is 92.8 Å². The van der Waals surface area contributed by atoms with Crippen LogP contribution in [0.4, 0.5) is 11.4 Å². The summed E-state index contributed by atoms with van der Waals surface area (Å²) in [7, 11) is 0. The van der Waals surface area contributed by atoms with Crippen molar-refractivity contribution in [2.45, 2.75) is 70.4 Å². The van der Waals surface area contributed by atoms with Crippen LogP contribution in [-0.2, 0) is 39.9 Å². The lowest BCUT2D eigenvalue weighted by atomic mass is 9.76. The van der Waals surface area contributed by atoms with Crippen molar-refractivity contribution < 1.29 is 43.0 Å². The molecule has 0 bridgehead atoms. The fraction of sp³-hybridized carbons (Fsp3) is 0.458. The van der Waals surface area contributed by atoms with Gasteiger partial charge in [-0.3, -0.25) is 48.6 Å². The number of aromatic nitrogens is 3. The van der Waals surface area contributed by atoms with Gasteiger partial charge in [-0.25, -0.2) is 0 Å². The molecule has 66 heavy (non-hydrogen) atoms. The number of hydrogen-bond donors (Lipinski definition) is 3. The van der Waals surface area contributed by atoms with Crippen LogP contribution in [0.15, 0.2) is 67.3 Å². The van der Waals surface area contributed by atoms with Crippen molar-refractivity contribution in [2.75, 3.05) is 76.0 Å². The molecule has 1 spiro atoms. The van der Waals surface area contributed by atoms with E-state index in [1.165, 1.54) is 0 Å². The molecular weight excluding hydrogens is 868 g/mol. The highest BCUT2D eigenvalue weighted by Crippen LogP contribution is 2.46. The topological polar surface area (TPSA) is 203 Å². The Morgan fingerprint density at radius 2 is 1.53 bits per heavy atom. The minimum Gasteiger partial charge on any atom is -0.382 e. The maximum atomic E-state index is 13.2. The van der Waals surface area contributed by atoms with Crippen LogP contribution in [-0.4, -0.2) is 127 Å². The van der Waals surface area contributed by atoms with Gasteiger partial charge in [-0.2, -0.15) is 5.10 Å². The molecule has 348 valence electrons. The molecule has 1 aliphatic carbocycles. The lowest BCUT2D eigenvalue weighted by molar-refractivity contribution is -0.136. The monoisotopic (exact) mass is 922 g/mol. The van der Waals surface area contributed by atoms with Crippen molar-refractivity contribution in [3.8, 4) is 22.3 Å². The highest BCUT2D eigenvalue weighted by molar-refractivity contribution is 6.34. The van der Waals surface area contributed by atoms with Gasteiger partial charge in [0.1, 0.15) is 11.8 Å². The zero-order chi connectivity index (χ0) is 46.0. The van der Waals surface area contributed by atoms with E-state index in [1.54, 1.807) is 24.4 Å². The Morgan fingerprint density at radius 3 is 2.26 bits per heavy atom. The maximum Gasteiger partial charge on any atom is 0.264 e. The van der Waals surface area contributed by atoms with Gasteiger partial charge < -0.3 is 29.7 Å². The molecule has 5 amide bonds. The predicted octanol–water partition coefficient (Wildman–Crippen LogP) is 5.06. The SMILES string of the molecule is O=C(CCCn1cc(-c2ccc(-c3cncc(Cl)c3N3CCC4(CCCC4=O)CC3)cc2)cn1)NCCOCCOCCOCCNc1cccc2c1C(=O)N(C1CCC(=O)NC1=O)C2=O. The number of anilines is 2. The molecule has 1 atom stereocenters. The normalized spacial score (nSPS) is 18.0. The quantitative estimate of drug-likeness (QED) is 0.0740. The van der Waals surface area contributed by atoms with E-state index in [4.69, 9.17) is 25.8 Å². The summed E-state index contributed by atoms with van der Waals surface area (Å²) in [6.07, 6.45) is 13.0. The molecule has 1 saturated carbocycles. The molecule has 5 heterocycles. The van der Waals surface area contributed by atoms with Crippen molar-refractivity contribution in [1.29, 1.82) is 0 Å². The highest BCUT2D eigenvalue weighted by Gasteiger charge is 2.46. The Morgan fingerprint density at radius 1 is 0.803 bits per heavy atom. The summed E-state index contributed by atoms with van der Waals surface area (Å²) >= 11 is 6.75. The summed E-state index contributed by atoms with van der Waals surface area (Å²) in [6.45, 7) is 5.06. The van der Waals surface area contributed by atoms with Crippen LogP contribution < -0.4 is 20.9 Å². The van der Waals surface area contributed by atoms with Gasteiger partial charge in [0.05, 0.1) is 67.7 Å². The summed E-state index contributed by atoms with van der Waals surface area (Å²) in [4.78, 5) is 82.9. The van der Waals surface area contributed by atoms with Crippen molar-refractivity contribution in [2.24, 2.45) is 5.41 Å². The van der Waals surface area contributed by atoms with E-state index >= 15 is 0 Å². The molecule has 2 saturated heterocycles. The summed E-state index contributed by atoms with van der Waals surface area (Å²) in [5.74, 6) is -1.83. The fourth-order valence-corrected chi connectivity index (χ4v) is 9.61. The van der Waals surface area contributed by atoms with Crippen molar-refractivity contribution in [1.82, 2.24) is 30.3 Å². The Balaban J connectivity index is 0.659. The van der Waals surface area contributed by atoms with Gasteiger partial charge >= 0.3 is 0 Å². The first-order valence-corrected chi connectivity index (χ1v) is 23.1. The number of rotatable bonds is 21. The van der Waals surface area contributed by atoms with Crippen LogP contribution in [0.1, 0.15) is 78.5 Å². The number of aryl methyl sites for hydroxylation is 1. The number of ether oxygens (including phenoxy) is 3. The number of benzene rings is 2. The molecule has 18 heteroatoms. The number of nitrogens with one attached hydrogen (secondary N) is 3. The molecule has 3 aliphatic heterocycles. The minimum absolute atomic E-state index is 0.0543.